The maximum absolute atomic E-state index is 12.6. The zero-order valence-corrected chi connectivity index (χ0v) is 15.4. The predicted octanol–water partition coefficient (Wildman–Crippen LogP) is 3.01. The highest BCUT2D eigenvalue weighted by Gasteiger charge is 2.34. The van der Waals surface area contributed by atoms with E-state index in [0.717, 1.165) is 18.4 Å². The molecule has 0 radical (unpaired) electrons. The average Bonchev–Trinajstić information content (AvgIpc) is 2.58. The fourth-order valence-corrected chi connectivity index (χ4v) is 3.18. The van der Waals surface area contributed by atoms with Crippen LogP contribution in [0.25, 0.3) is 0 Å². The topological polar surface area (TPSA) is 72.5 Å². The van der Waals surface area contributed by atoms with Gasteiger partial charge in [0.1, 0.15) is 11.8 Å². The summed E-state index contributed by atoms with van der Waals surface area (Å²) in [7, 11) is 1.30. The highest BCUT2D eigenvalue weighted by molar-refractivity contribution is 5.97. The number of hydrogen-bond donors (Lipinski definition) is 1. The number of rotatable bonds is 4. The summed E-state index contributed by atoms with van der Waals surface area (Å²) in [4.78, 5) is 36.4. The van der Waals surface area contributed by atoms with Crippen LogP contribution in [0.3, 0.4) is 0 Å². The monoisotopic (exact) mass is 345 g/mol. The van der Waals surface area contributed by atoms with Gasteiger partial charge in [-0.3, -0.25) is 9.59 Å². The van der Waals surface area contributed by atoms with Crippen LogP contribution in [0.15, 0.2) is 24.3 Å². The Labute approximate surface area is 149 Å². The van der Waals surface area contributed by atoms with Gasteiger partial charge < -0.3 is 10.1 Å². The fourth-order valence-electron chi connectivity index (χ4n) is 3.18. The lowest BCUT2D eigenvalue weighted by Gasteiger charge is -2.28. The molecule has 1 aromatic carbocycles. The van der Waals surface area contributed by atoms with Gasteiger partial charge in [0, 0.05) is 18.4 Å². The molecule has 0 aromatic heterocycles. The Balaban J connectivity index is 2.13. The number of esters is 1. The van der Waals surface area contributed by atoms with Gasteiger partial charge in [-0.15, -0.1) is 0 Å². The minimum Gasteiger partial charge on any atom is -0.467 e. The van der Waals surface area contributed by atoms with E-state index in [4.69, 9.17) is 4.74 Å². The normalized spacial score (nSPS) is 19.2. The predicted molar refractivity (Wildman–Crippen MR) is 95.4 cm³/mol. The quantitative estimate of drug-likeness (QED) is 0.852. The third kappa shape index (κ3) is 4.91. The first-order chi connectivity index (χ1) is 11.7. The van der Waals surface area contributed by atoms with E-state index >= 15 is 0 Å². The molecule has 2 rings (SSSR count). The second kappa shape index (κ2) is 7.81. The van der Waals surface area contributed by atoms with Crippen LogP contribution in [0.2, 0.25) is 0 Å². The molecule has 1 aromatic rings. The van der Waals surface area contributed by atoms with Crippen LogP contribution in [-0.2, 0) is 19.7 Å². The smallest absolute Gasteiger partial charge is 0.328 e. The Bertz CT molecular complexity index is 643. The molecule has 136 valence electrons. The average molecular weight is 345 g/mol. The molecular weight excluding hydrogens is 318 g/mol. The highest BCUT2D eigenvalue weighted by atomic mass is 16.5. The Morgan fingerprint density at radius 3 is 2.36 bits per heavy atom. The van der Waals surface area contributed by atoms with E-state index in [0.29, 0.717) is 18.4 Å². The van der Waals surface area contributed by atoms with Gasteiger partial charge >= 0.3 is 5.97 Å². The van der Waals surface area contributed by atoms with Crippen LogP contribution in [0.5, 0.6) is 0 Å². The molecule has 0 aliphatic heterocycles. The van der Waals surface area contributed by atoms with Gasteiger partial charge in [0.15, 0.2) is 0 Å². The largest absolute Gasteiger partial charge is 0.467 e. The number of amides is 1. The van der Waals surface area contributed by atoms with Crippen molar-refractivity contribution in [2.75, 3.05) is 7.11 Å². The summed E-state index contributed by atoms with van der Waals surface area (Å²) in [5, 5.41) is 2.77. The standard InChI is InChI=1S/C20H27NO4/c1-20(2,3)15-10-8-13(9-11-15)18(23)21-17(19(24)25-4)14-6-5-7-16(22)12-14/h8-11,14,17H,5-7,12H2,1-4H3,(H,21,23)/t14-,17+/m0/s1. The van der Waals surface area contributed by atoms with Crippen molar-refractivity contribution in [3.05, 3.63) is 35.4 Å². The molecule has 0 unspecified atom stereocenters. The number of Topliss-reactive ketones (excluding diaryl/α,β-unsaturated/α-hetero) is 1. The van der Waals surface area contributed by atoms with Crippen LogP contribution in [0.1, 0.15) is 62.4 Å². The maximum atomic E-state index is 12.6. The number of nitrogens with one attached hydrogen (secondary N) is 1. The van der Waals surface area contributed by atoms with Crippen molar-refractivity contribution in [3.8, 4) is 0 Å². The van der Waals surface area contributed by atoms with Crippen LogP contribution < -0.4 is 5.32 Å². The molecule has 1 N–H and O–H groups in total. The van der Waals surface area contributed by atoms with Crippen molar-refractivity contribution >= 4 is 17.7 Å². The first kappa shape index (κ1) is 19.2. The van der Waals surface area contributed by atoms with Gasteiger partial charge in [-0.25, -0.2) is 4.79 Å². The molecule has 5 heteroatoms. The van der Waals surface area contributed by atoms with Crippen molar-refractivity contribution in [1.29, 1.82) is 0 Å². The van der Waals surface area contributed by atoms with Crippen molar-refractivity contribution in [1.82, 2.24) is 5.32 Å². The van der Waals surface area contributed by atoms with Gasteiger partial charge in [0.05, 0.1) is 7.11 Å². The number of ether oxygens (including phenoxy) is 1. The molecule has 1 fully saturated rings. The van der Waals surface area contributed by atoms with E-state index in [1.165, 1.54) is 7.11 Å². The lowest BCUT2D eigenvalue weighted by Crippen LogP contribution is -2.48. The number of hydrogen-bond acceptors (Lipinski definition) is 4. The highest BCUT2D eigenvalue weighted by Crippen LogP contribution is 2.26. The van der Waals surface area contributed by atoms with Crippen molar-refractivity contribution in [2.24, 2.45) is 5.92 Å². The first-order valence-corrected chi connectivity index (χ1v) is 8.73. The van der Waals surface area contributed by atoms with E-state index in [1.807, 2.05) is 12.1 Å². The van der Waals surface area contributed by atoms with Crippen LogP contribution in [0.4, 0.5) is 0 Å². The zero-order chi connectivity index (χ0) is 18.6. The van der Waals surface area contributed by atoms with Crippen molar-refractivity contribution in [3.63, 3.8) is 0 Å². The van der Waals surface area contributed by atoms with E-state index in [2.05, 4.69) is 26.1 Å². The molecule has 0 heterocycles. The van der Waals surface area contributed by atoms with Gasteiger partial charge in [0.2, 0.25) is 0 Å². The number of methoxy groups -OCH3 is 1. The molecule has 0 spiro atoms. The van der Waals surface area contributed by atoms with E-state index in [9.17, 15) is 14.4 Å². The number of carbonyl (C=O) groups excluding carboxylic acids is 3. The summed E-state index contributed by atoms with van der Waals surface area (Å²) < 4.78 is 4.84. The number of carbonyl (C=O) groups is 3. The minimum atomic E-state index is -0.788. The molecule has 5 nitrogen and oxygen atoms in total. The van der Waals surface area contributed by atoms with Crippen LogP contribution in [0, 0.1) is 5.92 Å². The first-order valence-electron chi connectivity index (χ1n) is 8.73. The van der Waals surface area contributed by atoms with Crippen molar-refractivity contribution in [2.45, 2.75) is 57.9 Å². The van der Waals surface area contributed by atoms with E-state index in [-0.39, 0.29) is 23.0 Å². The summed E-state index contributed by atoms with van der Waals surface area (Å²) >= 11 is 0. The van der Waals surface area contributed by atoms with Crippen LogP contribution >= 0.6 is 0 Å². The van der Waals surface area contributed by atoms with Gasteiger partial charge in [-0.1, -0.05) is 32.9 Å². The molecule has 1 amide bonds. The number of benzene rings is 1. The maximum Gasteiger partial charge on any atom is 0.328 e. The van der Waals surface area contributed by atoms with Crippen LogP contribution in [-0.4, -0.2) is 30.8 Å². The molecule has 1 saturated carbocycles. The molecule has 1 aliphatic rings. The lowest BCUT2D eigenvalue weighted by atomic mass is 9.83. The third-order valence-corrected chi connectivity index (χ3v) is 4.75. The fraction of sp³-hybridized carbons (Fsp3) is 0.550. The van der Waals surface area contributed by atoms with Gasteiger partial charge in [-0.05, 0) is 41.9 Å². The molecule has 0 saturated heterocycles. The van der Waals surface area contributed by atoms with Gasteiger partial charge in [0.25, 0.3) is 5.91 Å². The summed E-state index contributed by atoms with van der Waals surface area (Å²) in [5.74, 6) is -0.895. The Morgan fingerprint density at radius 2 is 1.84 bits per heavy atom. The Kier molecular flexibility index (Phi) is 5.98. The van der Waals surface area contributed by atoms with E-state index in [1.54, 1.807) is 12.1 Å². The molecule has 1 aliphatic carbocycles. The molecule has 2 atom stereocenters. The second-order valence-corrected chi connectivity index (χ2v) is 7.70. The summed E-state index contributed by atoms with van der Waals surface area (Å²) in [6.45, 7) is 6.32. The van der Waals surface area contributed by atoms with E-state index < -0.39 is 12.0 Å². The second-order valence-electron chi connectivity index (χ2n) is 7.70. The van der Waals surface area contributed by atoms with Gasteiger partial charge in [-0.2, -0.15) is 0 Å². The lowest BCUT2D eigenvalue weighted by molar-refractivity contribution is -0.145. The summed E-state index contributed by atoms with van der Waals surface area (Å²) in [5.41, 5.74) is 1.63. The molecule has 0 bridgehead atoms. The Morgan fingerprint density at radius 1 is 1.20 bits per heavy atom. The summed E-state index contributed by atoms with van der Waals surface area (Å²) in [6, 6.07) is 6.58. The zero-order valence-electron chi connectivity index (χ0n) is 15.4. The third-order valence-electron chi connectivity index (χ3n) is 4.75. The van der Waals surface area contributed by atoms with Crippen molar-refractivity contribution < 1.29 is 19.1 Å². The SMILES string of the molecule is COC(=O)[C@H](NC(=O)c1ccc(C(C)(C)C)cc1)[C@H]1CCCC(=O)C1. The molecular formula is C20H27NO4. The number of ketones is 1. The minimum absolute atomic E-state index is 0.00597. The summed E-state index contributed by atoms with van der Waals surface area (Å²) in [6.07, 6.45) is 2.33. The Hall–Kier alpha value is -2.17. The molecule has 25 heavy (non-hydrogen) atoms.